The topological polar surface area (TPSA) is 93.1 Å². The van der Waals surface area contributed by atoms with E-state index in [4.69, 9.17) is 14.6 Å². The van der Waals surface area contributed by atoms with Crippen LogP contribution in [0.4, 0.5) is 0 Å². The molecule has 0 aliphatic heterocycles. The SMILES string of the molecule is C=C(C)C(=O)OC(O)(CCCCCCCCCCCCCCCCCCCO)OC(=O)C(=C)C. The van der Waals surface area contributed by atoms with E-state index in [-0.39, 0.29) is 17.6 Å². The molecule has 0 saturated carbocycles. The van der Waals surface area contributed by atoms with Gasteiger partial charge in [0, 0.05) is 17.8 Å². The average molecular weight is 483 g/mol. The lowest BCUT2D eigenvalue weighted by Gasteiger charge is -2.27. The van der Waals surface area contributed by atoms with Crippen molar-refractivity contribution in [2.75, 3.05) is 6.61 Å². The van der Waals surface area contributed by atoms with Gasteiger partial charge in [-0.25, -0.2) is 9.59 Å². The van der Waals surface area contributed by atoms with Crippen LogP contribution in [-0.4, -0.2) is 34.7 Å². The number of carbonyl (C=O) groups is 2. The lowest BCUT2D eigenvalue weighted by atomic mass is 10.0. The van der Waals surface area contributed by atoms with Gasteiger partial charge in [0.1, 0.15) is 0 Å². The van der Waals surface area contributed by atoms with Gasteiger partial charge in [-0.1, -0.05) is 109 Å². The lowest BCUT2D eigenvalue weighted by molar-refractivity contribution is -0.325. The molecule has 0 spiro atoms. The summed E-state index contributed by atoms with van der Waals surface area (Å²) >= 11 is 0. The van der Waals surface area contributed by atoms with E-state index in [2.05, 4.69) is 13.2 Å². The van der Waals surface area contributed by atoms with Crippen LogP contribution in [0.2, 0.25) is 0 Å². The lowest BCUT2D eigenvalue weighted by Crippen LogP contribution is -2.40. The number of aliphatic hydroxyl groups excluding tert-OH is 1. The van der Waals surface area contributed by atoms with E-state index >= 15 is 0 Å². The fourth-order valence-electron chi connectivity index (χ4n) is 3.70. The number of ether oxygens (including phenoxy) is 2. The second kappa shape index (κ2) is 20.7. The maximum Gasteiger partial charge on any atom is 0.373 e. The highest BCUT2D eigenvalue weighted by Crippen LogP contribution is 2.22. The summed E-state index contributed by atoms with van der Waals surface area (Å²) in [4.78, 5) is 23.6. The van der Waals surface area contributed by atoms with Crippen LogP contribution in [0.25, 0.3) is 0 Å². The fraction of sp³-hybridized carbons (Fsp3) is 0.786. The highest BCUT2D eigenvalue weighted by Gasteiger charge is 2.36. The van der Waals surface area contributed by atoms with E-state index in [0.717, 1.165) is 32.1 Å². The third kappa shape index (κ3) is 18.7. The number of hydrogen-bond donors (Lipinski definition) is 2. The molecule has 2 N–H and O–H groups in total. The third-order valence-corrected chi connectivity index (χ3v) is 5.85. The van der Waals surface area contributed by atoms with Crippen LogP contribution in [-0.2, 0) is 19.1 Å². The van der Waals surface area contributed by atoms with Crippen molar-refractivity contribution in [1.29, 1.82) is 0 Å². The van der Waals surface area contributed by atoms with Gasteiger partial charge in [-0.05, 0) is 26.7 Å². The van der Waals surface area contributed by atoms with Gasteiger partial charge in [-0.3, -0.25) is 0 Å². The number of carbonyl (C=O) groups excluding carboxylic acids is 2. The molecule has 0 saturated heterocycles. The zero-order chi connectivity index (χ0) is 25.7. The van der Waals surface area contributed by atoms with E-state index in [1.54, 1.807) is 0 Å². The van der Waals surface area contributed by atoms with Crippen molar-refractivity contribution in [3.05, 3.63) is 24.3 Å². The Morgan fingerprint density at radius 1 is 0.588 bits per heavy atom. The predicted molar refractivity (Wildman–Crippen MR) is 137 cm³/mol. The van der Waals surface area contributed by atoms with Gasteiger partial charge >= 0.3 is 17.9 Å². The van der Waals surface area contributed by atoms with Gasteiger partial charge in [0.2, 0.25) is 0 Å². The highest BCUT2D eigenvalue weighted by molar-refractivity contribution is 5.88. The first-order chi connectivity index (χ1) is 16.2. The highest BCUT2D eigenvalue weighted by atomic mass is 16.8. The first-order valence-corrected chi connectivity index (χ1v) is 13.3. The molecule has 0 fully saturated rings. The summed E-state index contributed by atoms with van der Waals surface area (Å²) in [6.07, 6.45) is 20.0. The van der Waals surface area contributed by atoms with Crippen LogP contribution < -0.4 is 0 Å². The summed E-state index contributed by atoms with van der Waals surface area (Å²) < 4.78 is 9.96. The molecule has 0 heterocycles. The van der Waals surface area contributed by atoms with Crippen molar-refractivity contribution in [3.63, 3.8) is 0 Å². The molecule has 0 aromatic rings. The average Bonchev–Trinajstić information content (AvgIpc) is 2.78. The molecule has 0 bridgehead atoms. The van der Waals surface area contributed by atoms with Gasteiger partial charge in [-0.2, -0.15) is 0 Å². The number of rotatable bonds is 23. The van der Waals surface area contributed by atoms with E-state index in [0.29, 0.717) is 13.0 Å². The van der Waals surface area contributed by atoms with Crippen LogP contribution >= 0.6 is 0 Å². The van der Waals surface area contributed by atoms with Gasteiger partial charge in [-0.15, -0.1) is 0 Å². The Hall–Kier alpha value is -1.66. The quantitative estimate of drug-likeness (QED) is 0.0713. The minimum Gasteiger partial charge on any atom is -0.396 e. The molecular weight excluding hydrogens is 432 g/mol. The molecule has 34 heavy (non-hydrogen) atoms. The molecule has 6 nitrogen and oxygen atoms in total. The number of unbranched alkanes of at least 4 members (excludes halogenated alkanes) is 16. The Labute approximate surface area is 207 Å². The molecule has 0 aliphatic carbocycles. The number of aliphatic hydroxyl groups is 2. The summed E-state index contributed by atoms with van der Waals surface area (Å²) in [5.41, 5.74) is 0.241. The maximum absolute atomic E-state index is 11.8. The molecular formula is C28H50O6. The Kier molecular flexibility index (Phi) is 19.7. The summed E-state index contributed by atoms with van der Waals surface area (Å²) in [7, 11) is 0. The fourth-order valence-corrected chi connectivity index (χ4v) is 3.70. The van der Waals surface area contributed by atoms with Gasteiger partial charge in [0.15, 0.2) is 0 Å². The van der Waals surface area contributed by atoms with Gasteiger partial charge < -0.3 is 19.7 Å². The molecule has 0 rings (SSSR count). The van der Waals surface area contributed by atoms with Crippen molar-refractivity contribution in [2.45, 2.75) is 135 Å². The number of esters is 2. The Morgan fingerprint density at radius 2 is 0.853 bits per heavy atom. The van der Waals surface area contributed by atoms with Gasteiger partial charge in [0.25, 0.3) is 0 Å². The first kappa shape index (κ1) is 32.3. The van der Waals surface area contributed by atoms with Crippen LogP contribution in [0.3, 0.4) is 0 Å². The van der Waals surface area contributed by atoms with Crippen molar-refractivity contribution >= 4 is 11.9 Å². The first-order valence-electron chi connectivity index (χ1n) is 13.3. The normalized spacial score (nSPS) is 11.3. The van der Waals surface area contributed by atoms with E-state index in [1.165, 1.54) is 84.5 Å². The zero-order valence-corrected chi connectivity index (χ0v) is 21.9. The smallest absolute Gasteiger partial charge is 0.373 e. The molecule has 0 amide bonds. The van der Waals surface area contributed by atoms with Crippen molar-refractivity contribution in [2.24, 2.45) is 0 Å². The molecule has 198 valence electrons. The summed E-state index contributed by atoms with van der Waals surface area (Å²) in [5, 5.41) is 19.3. The molecule has 0 aromatic heterocycles. The standard InChI is InChI=1S/C28H50O6/c1-24(2)26(30)33-28(32,34-27(31)25(3)4)22-20-18-16-14-12-10-8-6-5-7-9-11-13-15-17-19-21-23-29/h29,32H,1,3,5-23H2,2,4H3. The number of hydrogen-bond acceptors (Lipinski definition) is 6. The van der Waals surface area contributed by atoms with E-state index < -0.39 is 17.9 Å². The minimum absolute atomic E-state index is 0.0215. The van der Waals surface area contributed by atoms with Crippen LogP contribution in [0.1, 0.15) is 129 Å². The molecule has 0 aromatic carbocycles. The molecule has 0 atom stereocenters. The van der Waals surface area contributed by atoms with Crippen LogP contribution in [0, 0.1) is 0 Å². The second-order valence-electron chi connectivity index (χ2n) is 9.54. The summed E-state index contributed by atoms with van der Waals surface area (Å²) in [6.45, 7) is 10.2. The van der Waals surface area contributed by atoms with Crippen molar-refractivity contribution in [3.8, 4) is 0 Å². The Bertz CT molecular complexity index is 555. The largest absolute Gasteiger partial charge is 0.396 e. The second-order valence-corrected chi connectivity index (χ2v) is 9.54. The third-order valence-electron chi connectivity index (χ3n) is 5.85. The molecule has 0 unspecified atom stereocenters. The summed E-state index contributed by atoms with van der Waals surface area (Å²) in [6, 6.07) is 0. The summed E-state index contributed by atoms with van der Waals surface area (Å²) in [5.74, 6) is -3.89. The Balaban J connectivity index is 3.75. The predicted octanol–water partition coefficient (Wildman–Crippen LogP) is 6.89. The molecule has 0 aliphatic rings. The Morgan fingerprint density at radius 3 is 1.12 bits per heavy atom. The van der Waals surface area contributed by atoms with Crippen molar-refractivity contribution < 1.29 is 29.3 Å². The molecule has 0 radical (unpaired) electrons. The van der Waals surface area contributed by atoms with Gasteiger partial charge in [0.05, 0.1) is 6.42 Å². The molecule has 6 heteroatoms. The zero-order valence-electron chi connectivity index (χ0n) is 21.9. The van der Waals surface area contributed by atoms with Crippen LogP contribution in [0.5, 0.6) is 0 Å². The monoisotopic (exact) mass is 482 g/mol. The maximum atomic E-state index is 11.8. The van der Waals surface area contributed by atoms with E-state index in [9.17, 15) is 14.7 Å². The van der Waals surface area contributed by atoms with E-state index in [1.807, 2.05) is 0 Å². The van der Waals surface area contributed by atoms with Crippen molar-refractivity contribution in [1.82, 2.24) is 0 Å². The minimum atomic E-state index is -2.29. The van der Waals surface area contributed by atoms with Crippen LogP contribution in [0.15, 0.2) is 24.3 Å².